The van der Waals surface area contributed by atoms with Crippen molar-refractivity contribution in [1.82, 2.24) is 34.8 Å². The van der Waals surface area contributed by atoms with Crippen LogP contribution >= 0.6 is 23.1 Å². The second-order valence-corrected chi connectivity index (χ2v) is 9.62. The van der Waals surface area contributed by atoms with Crippen molar-refractivity contribution in [2.75, 3.05) is 12.3 Å². The van der Waals surface area contributed by atoms with E-state index in [9.17, 15) is 4.79 Å². The summed E-state index contributed by atoms with van der Waals surface area (Å²) in [5.74, 6) is 2.03. The van der Waals surface area contributed by atoms with Crippen LogP contribution in [0.2, 0.25) is 0 Å². The summed E-state index contributed by atoms with van der Waals surface area (Å²) >= 11 is 2.97. The predicted molar refractivity (Wildman–Crippen MR) is 126 cm³/mol. The van der Waals surface area contributed by atoms with E-state index in [1.807, 2.05) is 36.6 Å². The van der Waals surface area contributed by atoms with Crippen LogP contribution in [0.5, 0.6) is 0 Å². The van der Waals surface area contributed by atoms with Gasteiger partial charge in [-0.15, -0.1) is 31.7 Å². The molecule has 0 aliphatic heterocycles. The summed E-state index contributed by atoms with van der Waals surface area (Å²) < 4.78 is 7.94. The number of hydrogen-bond acceptors (Lipinski definition) is 9. The van der Waals surface area contributed by atoms with Crippen molar-refractivity contribution < 1.29 is 9.21 Å². The highest BCUT2D eigenvalue weighted by molar-refractivity contribution is 7.99. The lowest BCUT2D eigenvalue weighted by atomic mass is 10.2. The predicted octanol–water partition coefficient (Wildman–Crippen LogP) is 4.32. The number of nitrogens with zero attached hydrogens (tertiary/aromatic N) is 7. The van der Waals surface area contributed by atoms with Crippen molar-refractivity contribution in [1.29, 1.82) is 0 Å². The summed E-state index contributed by atoms with van der Waals surface area (Å²) in [5, 5.41) is 19.8. The summed E-state index contributed by atoms with van der Waals surface area (Å²) in [6.45, 7) is 2.96. The zero-order valence-corrected chi connectivity index (χ0v) is 19.8. The molecule has 1 fully saturated rings. The van der Waals surface area contributed by atoms with E-state index in [4.69, 9.17) is 4.42 Å². The Hall–Kier alpha value is -3.05. The Balaban J connectivity index is 1.27. The number of pyridine rings is 1. The Kier molecular flexibility index (Phi) is 6.49. The minimum Gasteiger partial charge on any atom is -0.418 e. The second-order valence-electron chi connectivity index (χ2n) is 7.73. The largest absolute Gasteiger partial charge is 0.418 e. The molecular weight excluding hydrogens is 458 g/mol. The van der Waals surface area contributed by atoms with Gasteiger partial charge in [0.1, 0.15) is 0 Å². The van der Waals surface area contributed by atoms with Gasteiger partial charge >= 0.3 is 0 Å². The molecule has 4 aromatic rings. The summed E-state index contributed by atoms with van der Waals surface area (Å²) in [7, 11) is 0. The van der Waals surface area contributed by atoms with E-state index in [1.165, 1.54) is 11.8 Å². The molecule has 0 unspecified atom stereocenters. The first-order valence-corrected chi connectivity index (χ1v) is 12.7. The SMILES string of the molecule is CCCN(Cc1nnc(-c2cccs2)o1)C(=O)CSc1nnc(-c2ccncc2)n1C1CC1. The third-order valence-corrected chi connectivity index (χ3v) is 7.00. The van der Waals surface area contributed by atoms with E-state index in [-0.39, 0.29) is 11.7 Å². The van der Waals surface area contributed by atoms with Crippen LogP contribution in [-0.4, -0.2) is 53.1 Å². The number of amides is 1. The van der Waals surface area contributed by atoms with Gasteiger partial charge in [0.25, 0.3) is 5.89 Å². The molecule has 11 heteroatoms. The van der Waals surface area contributed by atoms with Crippen molar-refractivity contribution in [3.8, 4) is 22.2 Å². The van der Waals surface area contributed by atoms with Crippen LogP contribution in [0.3, 0.4) is 0 Å². The van der Waals surface area contributed by atoms with E-state index in [0.717, 1.165) is 40.7 Å². The quantitative estimate of drug-likeness (QED) is 0.309. The third-order valence-electron chi connectivity index (χ3n) is 5.21. The van der Waals surface area contributed by atoms with E-state index in [1.54, 1.807) is 28.6 Å². The van der Waals surface area contributed by atoms with Crippen molar-refractivity contribution in [2.45, 2.75) is 43.9 Å². The van der Waals surface area contributed by atoms with Gasteiger partial charge in [-0.25, -0.2) is 0 Å². The van der Waals surface area contributed by atoms with E-state index < -0.39 is 0 Å². The lowest BCUT2D eigenvalue weighted by Gasteiger charge is -2.20. The van der Waals surface area contributed by atoms with Gasteiger partial charge in [0.15, 0.2) is 11.0 Å². The molecule has 0 spiro atoms. The Labute approximate surface area is 199 Å². The fourth-order valence-corrected chi connectivity index (χ4v) is 5.05. The maximum absolute atomic E-state index is 13.1. The zero-order valence-electron chi connectivity index (χ0n) is 18.1. The molecule has 1 saturated carbocycles. The highest BCUT2D eigenvalue weighted by Gasteiger charge is 2.30. The molecule has 0 saturated heterocycles. The molecule has 1 amide bonds. The lowest BCUT2D eigenvalue weighted by Crippen LogP contribution is -2.33. The molecule has 5 rings (SSSR count). The monoisotopic (exact) mass is 481 g/mol. The topological polar surface area (TPSA) is 103 Å². The Morgan fingerprint density at radius 2 is 2.06 bits per heavy atom. The van der Waals surface area contributed by atoms with Gasteiger partial charge in [-0.2, -0.15) is 0 Å². The number of thioether (sulfide) groups is 1. The van der Waals surface area contributed by atoms with Crippen LogP contribution in [0, 0.1) is 0 Å². The Morgan fingerprint density at radius 3 is 2.79 bits per heavy atom. The molecule has 9 nitrogen and oxygen atoms in total. The normalized spacial score (nSPS) is 13.4. The summed E-state index contributed by atoms with van der Waals surface area (Å²) in [4.78, 5) is 19.8. The smallest absolute Gasteiger partial charge is 0.257 e. The maximum atomic E-state index is 13.1. The Morgan fingerprint density at radius 1 is 1.21 bits per heavy atom. The third kappa shape index (κ3) is 4.98. The summed E-state index contributed by atoms with van der Waals surface area (Å²) in [6.07, 6.45) is 6.54. The van der Waals surface area contributed by atoms with Crippen LogP contribution in [0.15, 0.2) is 51.6 Å². The molecular formula is C22H23N7O2S2. The minimum absolute atomic E-state index is 0.00790. The lowest BCUT2D eigenvalue weighted by molar-refractivity contribution is -0.129. The average molecular weight is 482 g/mol. The summed E-state index contributed by atoms with van der Waals surface area (Å²) in [6, 6.07) is 8.13. The molecule has 0 N–H and O–H groups in total. The molecule has 170 valence electrons. The fraction of sp³-hybridized carbons (Fsp3) is 0.364. The number of thiophene rings is 1. The standard InChI is InChI=1S/C22H23N7O2S2/c1-2-11-28(13-18-24-26-21(31-18)17-4-3-12-32-17)19(30)14-33-22-27-25-20(29(22)16-5-6-16)15-7-9-23-10-8-15/h3-4,7-10,12,16H,2,5-6,11,13-14H2,1H3. The van der Waals surface area contributed by atoms with Crippen LogP contribution in [0.1, 0.15) is 38.1 Å². The molecule has 0 aromatic carbocycles. The number of hydrogen-bond donors (Lipinski definition) is 0. The zero-order chi connectivity index (χ0) is 22.6. The van der Waals surface area contributed by atoms with Crippen molar-refractivity contribution in [2.24, 2.45) is 0 Å². The van der Waals surface area contributed by atoms with Gasteiger partial charge in [-0.3, -0.25) is 14.3 Å². The number of carbonyl (C=O) groups excluding carboxylic acids is 1. The van der Waals surface area contributed by atoms with Crippen LogP contribution in [0.4, 0.5) is 0 Å². The molecule has 4 heterocycles. The first-order chi connectivity index (χ1) is 16.2. The molecule has 0 radical (unpaired) electrons. The van der Waals surface area contributed by atoms with E-state index >= 15 is 0 Å². The second kappa shape index (κ2) is 9.84. The van der Waals surface area contributed by atoms with Crippen molar-refractivity contribution in [3.63, 3.8) is 0 Å². The summed E-state index contributed by atoms with van der Waals surface area (Å²) in [5.41, 5.74) is 0.980. The van der Waals surface area contributed by atoms with Gasteiger partial charge in [-0.05, 0) is 42.8 Å². The van der Waals surface area contributed by atoms with Crippen molar-refractivity contribution in [3.05, 3.63) is 47.9 Å². The van der Waals surface area contributed by atoms with Crippen molar-refractivity contribution >= 4 is 29.0 Å². The molecule has 1 aliphatic carbocycles. The Bertz CT molecular complexity index is 1200. The van der Waals surface area contributed by atoms with Gasteiger partial charge in [-0.1, -0.05) is 24.8 Å². The molecule has 4 aromatic heterocycles. The average Bonchev–Trinajstić information content (AvgIpc) is 3.23. The number of aromatic nitrogens is 6. The maximum Gasteiger partial charge on any atom is 0.257 e. The first-order valence-electron chi connectivity index (χ1n) is 10.8. The van der Waals surface area contributed by atoms with Gasteiger partial charge in [0, 0.05) is 30.5 Å². The molecule has 33 heavy (non-hydrogen) atoms. The van der Waals surface area contributed by atoms with Gasteiger partial charge < -0.3 is 9.32 Å². The van der Waals surface area contributed by atoms with Crippen LogP contribution < -0.4 is 0 Å². The number of carbonyl (C=O) groups is 1. The number of rotatable bonds is 10. The van der Waals surface area contributed by atoms with E-state index in [0.29, 0.717) is 30.9 Å². The highest BCUT2D eigenvalue weighted by Crippen LogP contribution is 2.41. The van der Waals surface area contributed by atoms with Crippen LogP contribution in [-0.2, 0) is 11.3 Å². The molecule has 0 bridgehead atoms. The van der Waals surface area contributed by atoms with Gasteiger partial charge in [0.05, 0.1) is 17.2 Å². The highest BCUT2D eigenvalue weighted by atomic mass is 32.2. The van der Waals surface area contributed by atoms with E-state index in [2.05, 4.69) is 29.9 Å². The minimum atomic E-state index is 0.00790. The van der Waals surface area contributed by atoms with Gasteiger partial charge in [0.2, 0.25) is 11.8 Å². The first kappa shape index (κ1) is 21.8. The van der Waals surface area contributed by atoms with Crippen LogP contribution in [0.25, 0.3) is 22.2 Å². The molecule has 0 atom stereocenters. The fourth-order valence-electron chi connectivity index (χ4n) is 3.50. The molecule has 1 aliphatic rings.